The highest BCUT2D eigenvalue weighted by molar-refractivity contribution is 6.30. The van der Waals surface area contributed by atoms with Crippen LogP contribution in [0.4, 0.5) is 0 Å². The van der Waals surface area contributed by atoms with Gasteiger partial charge >= 0.3 is 0 Å². The standard InChI is InChI=1S/C23H26ClNO4/c1-2-25(16-17-4-3-5-20-21(17)29-15-14-28-20)22(26)23(10-12-27-13-11-23)18-6-8-19(24)9-7-18/h3-9H,2,10-16H2,1H3. The SMILES string of the molecule is CCN(Cc1cccc2c1OCCO2)C(=O)C1(c2ccc(Cl)cc2)CCOCC1. The van der Waals surface area contributed by atoms with Crippen molar-refractivity contribution in [1.82, 2.24) is 4.90 Å². The Morgan fingerprint density at radius 3 is 2.48 bits per heavy atom. The minimum absolute atomic E-state index is 0.125. The van der Waals surface area contributed by atoms with Crippen molar-refractivity contribution < 1.29 is 19.0 Å². The van der Waals surface area contributed by atoms with Gasteiger partial charge in [-0.15, -0.1) is 0 Å². The van der Waals surface area contributed by atoms with Crippen LogP contribution in [-0.2, 0) is 21.5 Å². The summed E-state index contributed by atoms with van der Waals surface area (Å²) in [4.78, 5) is 15.8. The zero-order chi connectivity index (χ0) is 20.3. The summed E-state index contributed by atoms with van der Waals surface area (Å²) in [7, 11) is 0. The monoisotopic (exact) mass is 415 g/mol. The number of halogens is 1. The molecule has 29 heavy (non-hydrogen) atoms. The molecule has 2 aliphatic rings. The van der Waals surface area contributed by atoms with Crippen LogP contribution in [0, 0.1) is 0 Å². The predicted molar refractivity (Wildman–Crippen MR) is 112 cm³/mol. The van der Waals surface area contributed by atoms with Gasteiger partial charge in [0.05, 0.1) is 5.41 Å². The number of amides is 1. The third-order valence-corrected chi connectivity index (χ3v) is 6.08. The van der Waals surface area contributed by atoms with E-state index in [9.17, 15) is 4.79 Å². The first-order valence-electron chi connectivity index (χ1n) is 10.1. The van der Waals surface area contributed by atoms with E-state index in [-0.39, 0.29) is 5.91 Å². The minimum atomic E-state index is -0.592. The zero-order valence-electron chi connectivity index (χ0n) is 16.7. The Morgan fingerprint density at radius 2 is 1.76 bits per heavy atom. The van der Waals surface area contributed by atoms with Crippen molar-refractivity contribution in [3.05, 3.63) is 58.6 Å². The number of hydrogen-bond acceptors (Lipinski definition) is 4. The lowest BCUT2D eigenvalue weighted by Gasteiger charge is -2.40. The van der Waals surface area contributed by atoms with E-state index >= 15 is 0 Å². The number of ether oxygens (including phenoxy) is 3. The van der Waals surface area contributed by atoms with E-state index in [1.54, 1.807) is 0 Å². The van der Waals surface area contributed by atoms with Crippen molar-refractivity contribution in [3.8, 4) is 11.5 Å². The van der Waals surface area contributed by atoms with Gasteiger partial charge in [-0.05, 0) is 43.5 Å². The highest BCUT2D eigenvalue weighted by Gasteiger charge is 2.44. The molecule has 0 atom stereocenters. The molecule has 0 radical (unpaired) electrons. The Labute approximate surface area is 176 Å². The Kier molecular flexibility index (Phi) is 5.97. The Bertz CT molecular complexity index is 862. The molecule has 0 bridgehead atoms. The van der Waals surface area contributed by atoms with Gasteiger partial charge in [0.1, 0.15) is 13.2 Å². The van der Waals surface area contributed by atoms with Crippen molar-refractivity contribution in [3.63, 3.8) is 0 Å². The number of hydrogen-bond donors (Lipinski definition) is 0. The Hall–Kier alpha value is -2.24. The average Bonchev–Trinajstić information content (AvgIpc) is 2.78. The van der Waals surface area contributed by atoms with Gasteiger partial charge in [-0.2, -0.15) is 0 Å². The zero-order valence-corrected chi connectivity index (χ0v) is 17.4. The molecular formula is C23H26ClNO4. The molecular weight excluding hydrogens is 390 g/mol. The van der Waals surface area contributed by atoms with Crippen LogP contribution in [0.5, 0.6) is 11.5 Å². The van der Waals surface area contributed by atoms with Crippen LogP contribution in [0.15, 0.2) is 42.5 Å². The normalized spacial score (nSPS) is 17.6. The molecule has 0 spiro atoms. The van der Waals surface area contributed by atoms with E-state index in [1.807, 2.05) is 54.3 Å². The second-order valence-electron chi connectivity index (χ2n) is 7.46. The van der Waals surface area contributed by atoms with Crippen molar-refractivity contribution in [1.29, 1.82) is 0 Å². The minimum Gasteiger partial charge on any atom is -0.486 e. The quantitative estimate of drug-likeness (QED) is 0.734. The first-order chi connectivity index (χ1) is 14.1. The van der Waals surface area contributed by atoms with E-state index in [0.717, 1.165) is 22.6 Å². The lowest BCUT2D eigenvalue weighted by Crippen LogP contribution is -2.49. The summed E-state index contributed by atoms with van der Waals surface area (Å²) in [6.07, 6.45) is 1.33. The maximum atomic E-state index is 13.9. The Morgan fingerprint density at radius 1 is 1.03 bits per heavy atom. The summed E-state index contributed by atoms with van der Waals surface area (Å²) >= 11 is 6.09. The van der Waals surface area contributed by atoms with Crippen LogP contribution in [0.3, 0.4) is 0 Å². The third kappa shape index (κ3) is 3.94. The second-order valence-corrected chi connectivity index (χ2v) is 7.90. The molecule has 1 amide bonds. The number of benzene rings is 2. The molecule has 6 heteroatoms. The number of nitrogens with zero attached hydrogens (tertiary/aromatic N) is 1. The molecule has 2 aliphatic heterocycles. The first-order valence-corrected chi connectivity index (χ1v) is 10.5. The molecule has 1 fully saturated rings. The van der Waals surface area contributed by atoms with E-state index in [2.05, 4.69) is 0 Å². The largest absolute Gasteiger partial charge is 0.486 e. The van der Waals surface area contributed by atoms with Crippen LogP contribution in [0.1, 0.15) is 30.9 Å². The van der Waals surface area contributed by atoms with Gasteiger partial charge in [0.25, 0.3) is 0 Å². The van der Waals surface area contributed by atoms with Gasteiger partial charge in [0.2, 0.25) is 5.91 Å². The van der Waals surface area contributed by atoms with Crippen molar-refractivity contribution >= 4 is 17.5 Å². The molecule has 2 heterocycles. The lowest BCUT2D eigenvalue weighted by molar-refractivity contribution is -0.141. The summed E-state index contributed by atoms with van der Waals surface area (Å²) in [5, 5.41) is 0.670. The van der Waals surface area contributed by atoms with Crippen molar-refractivity contribution in [2.75, 3.05) is 33.0 Å². The number of fused-ring (bicyclic) bond motifs is 1. The third-order valence-electron chi connectivity index (χ3n) is 5.83. The van der Waals surface area contributed by atoms with Crippen LogP contribution in [0.2, 0.25) is 5.02 Å². The fourth-order valence-electron chi connectivity index (χ4n) is 4.21. The van der Waals surface area contributed by atoms with Crippen molar-refractivity contribution in [2.24, 2.45) is 0 Å². The van der Waals surface area contributed by atoms with Crippen LogP contribution in [0.25, 0.3) is 0 Å². The molecule has 2 aromatic carbocycles. The highest BCUT2D eigenvalue weighted by Crippen LogP contribution is 2.39. The summed E-state index contributed by atoms with van der Waals surface area (Å²) in [5.41, 5.74) is 1.38. The highest BCUT2D eigenvalue weighted by atomic mass is 35.5. The van der Waals surface area contributed by atoms with E-state index in [1.165, 1.54) is 0 Å². The average molecular weight is 416 g/mol. The van der Waals surface area contributed by atoms with E-state index in [0.29, 0.717) is 57.4 Å². The molecule has 0 saturated carbocycles. The second kappa shape index (κ2) is 8.64. The lowest BCUT2D eigenvalue weighted by atomic mass is 9.73. The molecule has 4 rings (SSSR count). The van der Waals surface area contributed by atoms with Gasteiger partial charge in [-0.1, -0.05) is 35.9 Å². The summed E-state index contributed by atoms with van der Waals surface area (Å²) < 4.78 is 17.1. The molecule has 154 valence electrons. The smallest absolute Gasteiger partial charge is 0.233 e. The number of carbonyl (C=O) groups is 1. The van der Waals surface area contributed by atoms with Gasteiger partial charge < -0.3 is 19.1 Å². The fraction of sp³-hybridized carbons (Fsp3) is 0.435. The summed E-state index contributed by atoms with van der Waals surface area (Å²) in [5.74, 6) is 1.62. The molecule has 2 aromatic rings. The molecule has 5 nitrogen and oxygen atoms in total. The van der Waals surface area contributed by atoms with Crippen molar-refractivity contribution in [2.45, 2.75) is 31.7 Å². The van der Waals surface area contributed by atoms with Crippen LogP contribution in [-0.4, -0.2) is 43.8 Å². The Balaban J connectivity index is 1.65. The van der Waals surface area contributed by atoms with Gasteiger partial charge in [-0.25, -0.2) is 0 Å². The molecule has 0 unspecified atom stereocenters. The molecule has 0 aliphatic carbocycles. The van der Waals surface area contributed by atoms with Crippen LogP contribution >= 0.6 is 11.6 Å². The summed E-state index contributed by atoms with van der Waals surface area (Å²) in [6.45, 7) is 5.33. The van der Waals surface area contributed by atoms with E-state index < -0.39 is 5.41 Å². The maximum absolute atomic E-state index is 13.9. The number of para-hydroxylation sites is 1. The number of carbonyl (C=O) groups excluding carboxylic acids is 1. The number of rotatable bonds is 5. The first kappa shape index (κ1) is 20.0. The molecule has 0 N–H and O–H groups in total. The van der Waals surface area contributed by atoms with Crippen LogP contribution < -0.4 is 9.47 Å². The van der Waals surface area contributed by atoms with Gasteiger partial charge in [-0.3, -0.25) is 4.79 Å². The predicted octanol–water partition coefficient (Wildman–Crippen LogP) is 4.21. The summed E-state index contributed by atoms with van der Waals surface area (Å²) in [6, 6.07) is 13.5. The van der Waals surface area contributed by atoms with E-state index in [4.69, 9.17) is 25.8 Å². The van der Waals surface area contributed by atoms with Gasteiger partial charge in [0.15, 0.2) is 11.5 Å². The fourth-order valence-corrected chi connectivity index (χ4v) is 4.33. The topological polar surface area (TPSA) is 48.0 Å². The maximum Gasteiger partial charge on any atom is 0.233 e. The molecule has 0 aromatic heterocycles. The molecule has 1 saturated heterocycles. The number of likely N-dealkylation sites (N-methyl/N-ethyl adjacent to an activating group) is 1. The van der Waals surface area contributed by atoms with Gasteiger partial charge in [0, 0.05) is 36.9 Å².